The normalized spacial score (nSPS) is 9.85. The molecular formula is C15H19NO4. The van der Waals surface area contributed by atoms with Crippen molar-refractivity contribution in [1.82, 2.24) is 0 Å². The van der Waals surface area contributed by atoms with E-state index in [1.165, 1.54) is 6.07 Å². The molecule has 0 amide bonds. The summed E-state index contributed by atoms with van der Waals surface area (Å²) in [4.78, 5) is 20.6. The molecule has 5 nitrogen and oxygen atoms in total. The molecule has 1 aromatic carbocycles. The summed E-state index contributed by atoms with van der Waals surface area (Å²) in [5.74, 6) is -0.716. The number of carboxylic acids is 1. The summed E-state index contributed by atoms with van der Waals surface area (Å²) >= 11 is 0. The Hall–Kier alpha value is -2.14. The Morgan fingerprint density at radius 3 is 2.55 bits per heavy atom. The van der Waals surface area contributed by atoms with Gasteiger partial charge < -0.3 is 15.3 Å². The Bertz CT molecular complexity index is 591. The second-order valence-corrected chi connectivity index (χ2v) is 4.29. The van der Waals surface area contributed by atoms with Gasteiger partial charge in [0.05, 0.1) is 0 Å². The lowest BCUT2D eigenvalue weighted by Crippen LogP contribution is -1.99. The Morgan fingerprint density at radius 2 is 1.85 bits per heavy atom. The third-order valence-corrected chi connectivity index (χ3v) is 2.62. The van der Waals surface area contributed by atoms with Crippen molar-refractivity contribution in [3.8, 4) is 0 Å². The molecule has 0 aliphatic carbocycles. The number of carboxylic acid groups (broad SMARTS) is 1. The van der Waals surface area contributed by atoms with Gasteiger partial charge in [0.1, 0.15) is 5.58 Å². The molecule has 0 fully saturated rings. The summed E-state index contributed by atoms with van der Waals surface area (Å²) in [7, 11) is 0. The first kappa shape index (κ1) is 15.9. The van der Waals surface area contributed by atoms with Gasteiger partial charge in [-0.3, -0.25) is 4.79 Å². The quantitative estimate of drug-likeness (QED) is 0.646. The van der Waals surface area contributed by atoms with Crippen LogP contribution in [-0.4, -0.2) is 17.6 Å². The molecule has 0 unspecified atom stereocenters. The van der Waals surface area contributed by atoms with Gasteiger partial charge in [0.2, 0.25) is 0 Å². The number of benzene rings is 1. The maximum absolute atomic E-state index is 10.7. The number of para-hydroxylation sites is 1. The summed E-state index contributed by atoms with van der Waals surface area (Å²) in [6.45, 7) is 0.666. The molecule has 0 spiro atoms. The highest BCUT2D eigenvalue weighted by atomic mass is 16.4. The van der Waals surface area contributed by atoms with E-state index >= 15 is 0 Å². The first-order chi connectivity index (χ1) is 9.63. The van der Waals surface area contributed by atoms with Gasteiger partial charge in [0, 0.05) is 17.9 Å². The zero-order chi connectivity index (χ0) is 14.8. The topological polar surface area (TPSA) is 93.5 Å². The zero-order valence-corrected chi connectivity index (χ0v) is 11.2. The Labute approximate surface area is 117 Å². The minimum Gasteiger partial charge on any atom is -0.481 e. The van der Waals surface area contributed by atoms with E-state index in [1.807, 2.05) is 18.2 Å². The summed E-state index contributed by atoms with van der Waals surface area (Å²) in [5, 5.41) is 9.13. The van der Waals surface area contributed by atoms with Gasteiger partial charge in [0.25, 0.3) is 0 Å². The first-order valence-corrected chi connectivity index (χ1v) is 6.54. The number of fused-ring (bicyclic) bond motifs is 1. The number of nitrogens with two attached hydrogens (primary N) is 1. The highest BCUT2D eigenvalue weighted by molar-refractivity contribution is 5.75. The van der Waals surface area contributed by atoms with Crippen LogP contribution in [0, 0.1) is 0 Å². The van der Waals surface area contributed by atoms with Crippen molar-refractivity contribution in [2.45, 2.75) is 25.7 Å². The molecule has 0 saturated carbocycles. The van der Waals surface area contributed by atoms with Crippen molar-refractivity contribution >= 4 is 16.9 Å². The predicted octanol–water partition coefficient (Wildman–Crippen LogP) is 2.38. The van der Waals surface area contributed by atoms with Crippen molar-refractivity contribution in [3.63, 3.8) is 0 Å². The summed E-state index contributed by atoms with van der Waals surface area (Å²) in [6, 6.07) is 10.6. The highest BCUT2D eigenvalue weighted by Gasteiger charge is 1.94. The summed E-state index contributed by atoms with van der Waals surface area (Å²) in [6.07, 6.45) is 2.91. The average molecular weight is 277 g/mol. The van der Waals surface area contributed by atoms with Crippen LogP contribution in [0.2, 0.25) is 0 Å². The second-order valence-electron chi connectivity index (χ2n) is 4.29. The number of unbranched alkanes of at least 4 members (excludes halogenated alkanes) is 2. The average Bonchev–Trinajstić information content (AvgIpc) is 2.44. The minimum absolute atomic E-state index is 0.278. The van der Waals surface area contributed by atoms with Crippen LogP contribution in [0.5, 0.6) is 0 Å². The van der Waals surface area contributed by atoms with Gasteiger partial charge in [-0.1, -0.05) is 24.6 Å². The number of carbonyl (C=O) groups is 1. The lowest BCUT2D eigenvalue weighted by molar-refractivity contribution is -0.137. The van der Waals surface area contributed by atoms with Crippen molar-refractivity contribution < 1.29 is 14.3 Å². The fourth-order valence-corrected chi connectivity index (χ4v) is 1.61. The summed E-state index contributed by atoms with van der Waals surface area (Å²) < 4.78 is 4.91. The molecule has 0 aliphatic rings. The van der Waals surface area contributed by atoms with Crippen molar-refractivity contribution in [3.05, 3.63) is 46.8 Å². The molecular weight excluding hydrogens is 258 g/mol. The standard InChI is InChI=1S/C9H6O2.C6H13NO2/c10-9-6-5-7-3-1-2-4-8(7)11-9;7-5-3-1-2-4-6(8)9/h1-6H;1-5,7H2,(H,8,9). The molecule has 0 atom stereocenters. The molecule has 1 heterocycles. The van der Waals surface area contributed by atoms with E-state index in [1.54, 1.807) is 12.1 Å². The molecule has 1 aromatic heterocycles. The van der Waals surface area contributed by atoms with Crippen LogP contribution in [0.4, 0.5) is 0 Å². The molecule has 0 radical (unpaired) electrons. The highest BCUT2D eigenvalue weighted by Crippen LogP contribution is 2.08. The largest absolute Gasteiger partial charge is 0.481 e. The lowest BCUT2D eigenvalue weighted by Gasteiger charge is -1.93. The Kier molecular flexibility index (Phi) is 7.06. The molecule has 3 N–H and O–H groups in total. The maximum Gasteiger partial charge on any atom is 0.336 e. The molecule has 0 saturated heterocycles. The number of hydrogen-bond acceptors (Lipinski definition) is 4. The van der Waals surface area contributed by atoms with Crippen molar-refractivity contribution in [2.24, 2.45) is 5.73 Å². The van der Waals surface area contributed by atoms with Gasteiger partial charge >= 0.3 is 11.6 Å². The monoisotopic (exact) mass is 277 g/mol. The molecule has 2 aromatic rings. The van der Waals surface area contributed by atoms with Crippen LogP contribution < -0.4 is 11.4 Å². The van der Waals surface area contributed by atoms with Crippen LogP contribution in [0.3, 0.4) is 0 Å². The third kappa shape index (κ3) is 6.15. The van der Waals surface area contributed by atoms with E-state index in [9.17, 15) is 9.59 Å². The predicted molar refractivity (Wildman–Crippen MR) is 77.6 cm³/mol. The summed E-state index contributed by atoms with van der Waals surface area (Å²) in [5.41, 5.74) is 5.53. The van der Waals surface area contributed by atoms with E-state index < -0.39 is 5.97 Å². The molecule has 5 heteroatoms. The van der Waals surface area contributed by atoms with E-state index in [0.29, 0.717) is 12.1 Å². The number of hydrogen-bond donors (Lipinski definition) is 2. The molecule has 2 rings (SSSR count). The zero-order valence-electron chi connectivity index (χ0n) is 11.2. The van der Waals surface area contributed by atoms with Crippen LogP contribution in [0.1, 0.15) is 25.7 Å². The first-order valence-electron chi connectivity index (χ1n) is 6.54. The molecule has 0 aliphatic heterocycles. The fourth-order valence-electron chi connectivity index (χ4n) is 1.61. The van der Waals surface area contributed by atoms with Crippen molar-refractivity contribution in [1.29, 1.82) is 0 Å². The Balaban J connectivity index is 0.000000206. The third-order valence-electron chi connectivity index (χ3n) is 2.62. The van der Waals surface area contributed by atoms with E-state index in [-0.39, 0.29) is 12.0 Å². The smallest absolute Gasteiger partial charge is 0.336 e. The maximum atomic E-state index is 10.7. The number of aliphatic carboxylic acids is 1. The second kappa shape index (κ2) is 8.87. The van der Waals surface area contributed by atoms with Crippen molar-refractivity contribution in [2.75, 3.05) is 6.54 Å². The lowest BCUT2D eigenvalue weighted by atomic mass is 10.2. The van der Waals surface area contributed by atoms with Gasteiger partial charge in [-0.2, -0.15) is 0 Å². The minimum atomic E-state index is -0.716. The van der Waals surface area contributed by atoms with E-state index in [4.69, 9.17) is 15.3 Å². The van der Waals surface area contributed by atoms with Crippen LogP contribution in [0.25, 0.3) is 11.0 Å². The van der Waals surface area contributed by atoms with E-state index in [0.717, 1.165) is 24.6 Å². The van der Waals surface area contributed by atoms with Gasteiger partial charge in [-0.25, -0.2) is 4.79 Å². The fraction of sp³-hybridized carbons (Fsp3) is 0.333. The van der Waals surface area contributed by atoms with Gasteiger partial charge in [0.15, 0.2) is 0 Å². The van der Waals surface area contributed by atoms with Crippen LogP contribution >= 0.6 is 0 Å². The van der Waals surface area contributed by atoms with E-state index in [2.05, 4.69) is 0 Å². The molecule has 108 valence electrons. The number of rotatable bonds is 5. The van der Waals surface area contributed by atoms with Crippen LogP contribution in [-0.2, 0) is 4.79 Å². The molecule has 20 heavy (non-hydrogen) atoms. The molecule has 0 bridgehead atoms. The SMILES string of the molecule is NCCCCCC(=O)O.O=c1ccc2ccccc2o1. The van der Waals surface area contributed by atoms with Gasteiger partial charge in [-0.05, 0) is 31.5 Å². The Morgan fingerprint density at radius 1 is 1.10 bits per heavy atom. The van der Waals surface area contributed by atoms with Gasteiger partial charge in [-0.15, -0.1) is 0 Å². The van der Waals surface area contributed by atoms with Crippen LogP contribution in [0.15, 0.2) is 45.6 Å².